The highest BCUT2D eigenvalue weighted by Gasteiger charge is 2.37. The van der Waals surface area contributed by atoms with Gasteiger partial charge in [-0.1, -0.05) is 23.7 Å². The smallest absolute Gasteiger partial charge is 0.335 e. The predicted octanol–water partition coefficient (Wildman–Crippen LogP) is 5.10. The van der Waals surface area contributed by atoms with Gasteiger partial charge in [0, 0.05) is 10.7 Å². The van der Waals surface area contributed by atoms with Gasteiger partial charge in [-0.05, 0) is 88.6 Å². The molecule has 0 aliphatic carbocycles. The van der Waals surface area contributed by atoms with Gasteiger partial charge in [-0.3, -0.25) is 19.7 Å². The predicted molar refractivity (Wildman–Crippen MR) is 146 cm³/mol. The lowest BCUT2D eigenvalue weighted by Crippen LogP contribution is -2.54. The van der Waals surface area contributed by atoms with E-state index in [-0.39, 0.29) is 23.8 Å². The number of ether oxygens (including phenoxy) is 2. The molecule has 0 bridgehead atoms. The van der Waals surface area contributed by atoms with Crippen LogP contribution in [0, 0.1) is 6.92 Å². The van der Waals surface area contributed by atoms with Crippen LogP contribution in [0.1, 0.15) is 11.1 Å². The van der Waals surface area contributed by atoms with E-state index in [1.165, 1.54) is 12.1 Å². The average Bonchev–Trinajstić information content (AvgIpc) is 2.88. The van der Waals surface area contributed by atoms with Crippen LogP contribution in [0.5, 0.6) is 11.5 Å². The number of urea groups is 1. The topological polar surface area (TPSA) is 114 Å². The Morgan fingerprint density at radius 1 is 1.08 bits per heavy atom. The zero-order valence-corrected chi connectivity index (χ0v) is 22.6. The van der Waals surface area contributed by atoms with Gasteiger partial charge in [0.1, 0.15) is 17.1 Å². The number of imide groups is 2. The highest BCUT2D eigenvalue weighted by Crippen LogP contribution is 2.30. The summed E-state index contributed by atoms with van der Waals surface area (Å²) in [5.41, 5.74) is 1.76. The molecule has 0 saturated carbocycles. The number of methoxy groups -OCH3 is 1. The number of hydrogen-bond acceptors (Lipinski definition) is 6. The van der Waals surface area contributed by atoms with Crippen LogP contribution in [0.4, 0.5) is 16.2 Å². The number of amides is 5. The highest BCUT2D eigenvalue weighted by atomic mass is 79.9. The molecule has 0 atom stereocenters. The molecule has 1 saturated heterocycles. The van der Waals surface area contributed by atoms with E-state index < -0.39 is 17.8 Å². The van der Waals surface area contributed by atoms with Crippen LogP contribution in [0.15, 0.2) is 70.7 Å². The van der Waals surface area contributed by atoms with Crippen molar-refractivity contribution in [3.8, 4) is 11.5 Å². The fourth-order valence-electron chi connectivity index (χ4n) is 3.61. The first-order chi connectivity index (χ1) is 18.2. The number of nitrogens with one attached hydrogen (secondary N) is 2. The molecule has 3 aromatic rings. The lowest BCUT2D eigenvalue weighted by Gasteiger charge is -2.27. The van der Waals surface area contributed by atoms with Crippen LogP contribution < -0.4 is 25.0 Å². The molecule has 0 aromatic heterocycles. The van der Waals surface area contributed by atoms with Crippen LogP contribution in [0.2, 0.25) is 5.02 Å². The summed E-state index contributed by atoms with van der Waals surface area (Å²) in [4.78, 5) is 51.3. The summed E-state index contributed by atoms with van der Waals surface area (Å²) in [6, 6.07) is 15.6. The minimum absolute atomic E-state index is 0.233. The SMILES string of the molecule is COc1ccc(NC(=O)COc2ccc(/C=C3\C(=O)NC(=O)N(c4cc(Cl)ccc4C)C3=O)cc2Br)cc1. The Labute approximate surface area is 231 Å². The van der Waals surface area contributed by atoms with Gasteiger partial charge < -0.3 is 14.8 Å². The van der Waals surface area contributed by atoms with Crippen LogP contribution in [-0.2, 0) is 14.4 Å². The average molecular weight is 599 g/mol. The normalized spacial score (nSPS) is 14.4. The highest BCUT2D eigenvalue weighted by molar-refractivity contribution is 9.10. The van der Waals surface area contributed by atoms with Crippen LogP contribution in [0.3, 0.4) is 0 Å². The Balaban J connectivity index is 1.47. The van der Waals surface area contributed by atoms with Gasteiger partial charge in [-0.15, -0.1) is 0 Å². The summed E-state index contributed by atoms with van der Waals surface area (Å²) in [5.74, 6) is -0.913. The first-order valence-corrected chi connectivity index (χ1v) is 12.4. The molecule has 2 N–H and O–H groups in total. The van der Waals surface area contributed by atoms with Gasteiger partial charge in [-0.2, -0.15) is 0 Å². The van der Waals surface area contributed by atoms with E-state index in [4.69, 9.17) is 21.1 Å². The third-order valence-electron chi connectivity index (χ3n) is 5.51. The second-order valence-corrected chi connectivity index (χ2v) is 9.43. The minimum Gasteiger partial charge on any atom is -0.497 e. The fraction of sp³-hybridized carbons (Fsp3) is 0.111. The van der Waals surface area contributed by atoms with Crippen molar-refractivity contribution >= 4 is 68.7 Å². The molecule has 194 valence electrons. The molecular formula is C27H21BrClN3O6. The van der Waals surface area contributed by atoms with Crippen molar-refractivity contribution < 1.29 is 28.7 Å². The molecule has 5 amide bonds. The zero-order chi connectivity index (χ0) is 27.4. The number of hydrogen-bond donors (Lipinski definition) is 2. The maximum absolute atomic E-state index is 13.2. The molecule has 1 fully saturated rings. The first kappa shape index (κ1) is 26.9. The van der Waals surface area contributed by atoms with E-state index in [0.717, 1.165) is 4.90 Å². The Morgan fingerprint density at radius 2 is 1.82 bits per heavy atom. The van der Waals surface area contributed by atoms with Crippen molar-refractivity contribution in [1.29, 1.82) is 0 Å². The summed E-state index contributed by atoms with van der Waals surface area (Å²) in [6.45, 7) is 1.47. The summed E-state index contributed by atoms with van der Waals surface area (Å²) in [7, 11) is 1.56. The number of carbonyl (C=O) groups excluding carboxylic acids is 4. The van der Waals surface area contributed by atoms with Crippen molar-refractivity contribution in [3.63, 3.8) is 0 Å². The van der Waals surface area contributed by atoms with E-state index in [9.17, 15) is 19.2 Å². The van der Waals surface area contributed by atoms with Gasteiger partial charge in [0.15, 0.2) is 6.61 Å². The molecule has 1 heterocycles. The molecule has 9 nitrogen and oxygen atoms in total. The van der Waals surface area contributed by atoms with Crippen LogP contribution in [-0.4, -0.2) is 37.5 Å². The number of aryl methyl sites for hydroxylation is 1. The number of benzene rings is 3. The largest absolute Gasteiger partial charge is 0.497 e. The lowest BCUT2D eigenvalue weighted by molar-refractivity contribution is -0.122. The Hall–Kier alpha value is -4.15. The molecule has 38 heavy (non-hydrogen) atoms. The van der Waals surface area contributed by atoms with Gasteiger partial charge in [0.2, 0.25) is 0 Å². The number of nitrogens with zero attached hydrogens (tertiary/aromatic N) is 1. The molecular weight excluding hydrogens is 578 g/mol. The quantitative estimate of drug-likeness (QED) is 0.289. The maximum atomic E-state index is 13.2. The minimum atomic E-state index is -0.861. The number of rotatable bonds is 7. The van der Waals surface area contributed by atoms with Crippen molar-refractivity contribution in [2.75, 3.05) is 23.9 Å². The molecule has 1 aliphatic rings. The second-order valence-electron chi connectivity index (χ2n) is 8.14. The summed E-state index contributed by atoms with van der Waals surface area (Å²) < 4.78 is 11.2. The third-order valence-corrected chi connectivity index (χ3v) is 6.37. The Kier molecular flexibility index (Phi) is 8.13. The summed E-state index contributed by atoms with van der Waals surface area (Å²) in [6.07, 6.45) is 1.36. The molecule has 0 spiro atoms. The van der Waals surface area contributed by atoms with E-state index in [1.807, 2.05) is 0 Å². The molecule has 11 heteroatoms. The second kappa shape index (κ2) is 11.5. The number of carbonyl (C=O) groups is 4. The van der Waals surface area contributed by atoms with E-state index in [1.54, 1.807) is 68.6 Å². The molecule has 4 rings (SSSR count). The zero-order valence-electron chi connectivity index (χ0n) is 20.2. The van der Waals surface area contributed by atoms with Gasteiger partial charge in [0.05, 0.1) is 17.3 Å². The third kappa shape index (κ3) is 6.04. The van der Waals surface area contributed by atoms with E-state index in [0.29, 0.717) is 37.8 Å². The molecule has 3 aromatic carbocycles. The van der Waals surface area contributed by atoms with Gasteiger partial charge in [-0.25, -0.2) is 9.69 Å². The number of anilines is 2. The monoisotopic (exact) mass is 597 g/mol. The standard InChI is InChI=1S/C27H21BrClN3O6/c1-15-3-5-17(29)13-22(15)32-26(35)20(25(34)31-27(32)36)11-16-4-10-23(21(28)12-16)38-14-24(33)30-18-6-8-19(37-2)9-7-18/h3-13H,14H2,1-2H3,(H,30,33)(H,31,34,36)/b20-11+. The van der Waals surface area contributed by atoms with E-state index >= 15 is 0 Å². The van der Waals surface area contributed by atoms with Crippen molar-refractivity contribution in [2.24, 2.45) is 0 Å². The van der Waals surface area contributed by atoms with Crippen molar-refractivity contribution in [2.45, 2.75) is 6.92 Å². The van der Waals surface area contributed by atoms with Crippen molar-refractivity contribution in [1.82, 2.24) is 5.32 Å². The number of halogens is 2. The lowest BCUT2D eigenvalue weighted by atomic mass is 10.1. The van der Waals surface area contributed by atoms with Crippen molar-refractivity contribution in [3.05, 3.63) is 86.9 Å². The maximum Gasteiger partial charge on any atom is 0.335 e. The fourth-order valence-corrected chi connectivity index (χ4v) is 4.28. The van der Waals surface area contributed by atoms with Crippen LogP contribution in [0.25, 0.3) is 6.08 Å². The van der Waals surface area contributed by atoms with Gasteiger partial charge >= 0.3 is 6.03 Å². The van der Waals surface area contributed by atoms with Gasteiger partial charge in [0.25, 0.3) is 17.7 Å². The molecule has 1 aliphatic heterocycles. The van der Waals surface area contributed by atoms with E-state index in [2.05, 4.69) is 26.6 Å². The van der Waals surface area contributed by atoms with Crippen LogP contribution >= 0.6 is 27.5 Å². The first-order valence-electron chi connectivity index (χ1n) is 11.2. The Bertz CT molecular complexity index is 1470. The number of barbiturate groups is 1. The summed E-state index contributed by atoms with van der Waals surface area (Å²) in [5, 5.41) is 5.25. The molecule has 0 unspecified atom stereocenters. The molecule has 0 radical (unpaired) electrons. The summed E-state index contributed by atoms with van der Waals surface area (Å²) >= 11 is 9.44. The Morgan fingerprint density at radius 3 is 2.50 bits per heavy atom.